The summed E-state index contributed by atoms with van der Waals surface area (Å²) in [5, 5.41) is 2.77. The number of nitrogens with one attached hydrogen (secondary N) is 1. The molecule has 1 fully saturated rings. The third kappa shape index (κ3) is 3.02. The van der Waals surface area contributed by atoms with E-state index in [1.54, 1.807) is 18.5 Å². The van der Waals surface area contributed by atoms with Crippen molar-refractivity contribution in [3.8, 4) is 0 Å². The predicted octanol–water partition coefficient (Wildman–Crippen LogP) is 1.15. The lowest BCUT2D eigenvalue weighted by Crippen LogP contribution is -2.28. The zero-order chi connectivity index (χ0) is 10.7. The number of amides is 1. The van der Waals surface area contributed by atoms with Crippen LogP contribution in [0, 0.1) is 5.92 Å². The molecular weight excluding hydrogens is 190 g/mol. The Morgan fingerprint density at radius 1 is 1.67 bits per heavy atom. The number of nitrogens with two attached hydrogens (primary N) is 1. The van der Waals surface area contributed by atoms with E-state index in [0.717, 1.165) is 5.69 Å². The van der Waals surface area contributed by atoms with E-state index in [2.05, 4.69) is 10.3 Å². The minimum Gasteiger partial charge on any atom is -0.327 e. The average Bonchev–Trinajstić information content (AvgIpc) is 3.01. The third-order valence-electron chi connectivity index (χ3n) is 2.59. The largest absolute Gasteiger partial charge is 0.327 e. The van der Waals surface area contributed by atoms with Crippen molar-refractivity contribution in [2.45, 2.75) is 25.3 Å². The molecule has 0 spiro atoms. The van der Waals surface area contributed by atoms with E-state index < -0.39 is 0 Å². The molecule has 1 unspecified atom stereocenters. The van der Waals surface area contributed by atoms with E-state index >= 15 is 0 Å². The van der Waals surface area contributed by atoms with Gasteiger partial charge in [-0.3, -0.25) is 9.78 Å². The van der Waals surface area contributed by atoms with Crippen molar-refractivity contribution in [1.29, 1.82) is 0 Å². The zero-order valence-corrected chi connectivity index (χ0v) is 8.52. The minimum atomic E-state index is -0.0256. The van der Waals surface area contributed by atoms with E-state index in [-0.39, 0.29) is 11.9 Å². The summed E-state index contributed by atoms with van der Waals surface area (Å²) in [6.45, 7) is 0. The number of nitrogens with zero attached hydrogens (tertiary/aromatic N) is 1. The molecule has 1 saturated carbocycles. The van der Waals surface area contributed by atoms with Crippen LogP contribution in [0.5, 0.6) is 0 Å². The fourth-order valence-corrected chi connectivity index (χ4v) is 1.55. The fourth-order valence-electron chi connectivity index (χ4n) is 1.55. The highest BCUT2D eigenvalue weighted by Crippen LogP contribution is 2.32. The van der Waals surface area contributed by atoms with Crippen molar-refractivity contribution in [2.75, 3.05) is 5.32 Å². The van der Waals surface area contributed by atoms with E-state index in [1.165, 1.54) is 12.8 Å². The van der Waals surface area contributed by atoms with Crippen LogP contribution in [0.3, 0.4) is 0 Å². The lowest BCUT2D eigenvalue weighted by atomic mass is 10.1. The number of pyridine rings is 1. The van der Waals surface area contributed by atoms with Gasteiger partial charge >= 0.3 is 0 Å². The molecule has 80 valence electrons. The molecule has 0 bridgehead atoms. The van der Waals surface area contributed by atoms with Gasteiger partial charge in [-0.2, -0.15) is 0 Å². The third-order valence-corrected chi connectivity index (χ3v) is 2.59. The average molecular weight is 205 g/mol. The van der Waals surface area contributed by atoms with Crippen LogP contribution in [-0.2, 0) is 4.79 Å². The van der Waals surface area contributed by atoms with Gasteiger partial charge in [0.1, 0.15) is 0 Å². The Kier molecular flexibility index (Phi) is 2.97. The second kappa shape index (κ2) is 4.40. The fraction of sp³-hybridized carbons (Fsp3) is 0.455. The molecule has 1 aliphatic carbocycles. The van der Waals surface area contributed by atoms with Crippen LogP contribution in [-0.4, -0.2) is 16.9 Å². The van der Waals surface area contributed by atoms with Crippen LogP contribution in [0.25, 0.3) is 0 Å². The summed E-state index contributed by atoms with van der Waals surface area (Å²) < 4.78 is 0. The topological polar surface area (TPSA) is 68.0 Å². The molecule has 1 atom stereocenters. The number of aromatic nitrogens is 1. The maximum atomic E-state index is 11.5. The highest BCUT2D eigenvalue weighted by atomic mass is 16.1. The van der Waals surface area contributed by atoms with Gasteiger partial charge in [0.15, 0.2) is 0 Å². The van der Waals surface area contributed by atoms with E-state index in [0.29, 0.717) is 12.3 Å². The number of rotatable bonds is 4. The lowest BCUT2D eigenvalue weighted by Gasteiger charge is -2.09. The van der Waals surface area contributed by atoms with E-state index in [9.17, 15) is 4.79 Å². The Balaban J connectivity index is 1.81. The number of hydrogen-bond donors (Lipinski definition) is 2. The molecule has 3 N–H and O–H groups in total. The lowest BCUT2D eigenvalue weighted by molar-refractivity contribution is -0.116. The summed E-state index contributed by atoms with van der Waals surface area (Å²) in [4.78, 5) is 15.5. The van der Waals surface area contributed by atoms with Crippen LogP contribution < -0.4 is 11.1 Å². The molecule has 1 aliphatic rings. The van der Waals surface area contributed by atoms with Gasteiger partial charge < -0.3 is 11.1 Å². The molecule has 2 rings (SSSR count). The molecule has 4 heteroatoms. The normalized spacial score (nSPS) is 17.1. The summed E-state index contributed by atoms with van der Waals surface area (Å²) in [7, 11) is 0. The van der Waals surface area contributed by atoms with E-state index in [4.69, 9.17) is 5.73 Å². The number of carbonyl (C=O) groups excluding carboxylic acids is 1. The first kappa shape index (κ1) is 10.1. The minimum absolute atomic E-state index is 0.0154. The highest BCUT2D eigenvalue weighted by Gasteiger charge is 2.29. The Bertz CT molecular complexity index is 335. The first-order valence-electron chi connectivity index (χ1n) is 5.21. The van der Waals surface area contributed by atoms with Gasteiger partial charge in [-0.15, -0.1) is 0 Å². The zero-order valence-electron chi connectivity index (χ0n) is 8.52. The van der Waals surface area contributed by atoms with Crippen LogP contribution in [0.4, 0.5) is 5.69 Å². The maximum absolute atomic E-state index is 11.5. The summed E-state index contributed by atoms with van der Waals surface area (Å²) >= 11 is 0. The summed E-state index contributed by atoms with van der Waals surface area (Å²) in [6.07, 6.45) is 6.04. The van der Waals surface area contributed by atoms with Crippen molar-refractivity contribution in [3.05, 3.63) is 24.5 Å². The second-order valence-corrected chi connectivity index (χ2v) is 4.00. The number of carbonyl (C=O) groups is 1. The van der Waals surface area contributed by atoms with Gasteiger partial charge in [-0.05, 0) is 30.9 Å². The van der Waals surface area contributed by atoms with Crippen molar-refractivity contribution in [3.63, 3.8) is 0 Å². The number of hydrogen-bond acceptors (Lipinski definition) is 3. The second-order valence-electron chi connectivity index (χ2n) is 4.00. The molecule has 15 heavy (non-hydrogen) atoms. The highest BCUT2D eigenvalue weighted by molar-refractivity contribution is 5.90. The van der Waals surface area contributed by atoms with Gasteiger partial charge in [0, 0.05) is 18.7 Å². The summed E-state index contributed by atoms with van der Waals surface area (Å²) in [5.41, 5.74) is 6.58. The molecule has 0 radical (unpaired) electrons. The molecule has 1 amide bonds. The quantitative estimate of drug-likeness (QED) is 0.774. The van der Waals surface area contributed by atoms with Crippen molar-refractivity contribution < 1.29 is 4.79 Å². The van der Waals surface area contributed by atoms with Gasteiger partial charge in [0.25, 0.3) is 0 Å². The van der Waals surface area contributed by atoms with Gasteiger partial charge in [0.05, 0.1) is 11.9 Å². The first-order chi connectivity index (χ1) is 7.25. The Hall–Kier alpha value is -1.42. The summed E-state index contributed by atoms with van der Waals surface area (Å²) in [6, 6.07) is 3.62. The standard InChI is InChI=1S/C11H15N3O/c12-10(8-3-4-8)6-11(15)14-9-2-1-5-13-7-9/h1-2,5,7-8,10H,3-4,6,12H2,(H,14,15). The smallest absolute Gasteiger partial charge is 0.225 e. The molecule has 1 aromatic heterocycles. The van der Waals surface area contributed by atoms with Crippen LogP contribution in [0.2, 0.25) is 0 Å². The number of anilines is 1. The van der Waals surface area contributed by atoms with Crippen molar-refractivity contribution in [1.82, 2.24) is 4.98 Å². The predicted molar refractivity (Wildman–Crippen MR) is 58.2 cm³/mol. The van der Waals surface area contributed by atoms with Gasteiger partial charge in [0.2, 0.25) is 5.91 Å². The molecule has 0 aliphatic heterocycles. The van der Waals surface area contributed by atoms with Crippen LogP contribution >= 0.6 is 0 Å². The maximum Gasteiger partial charge on any atom is 0.225 e. The summed E-state index contributed by atoms with van der Waals surface area (Å²) in [5.74, 6) is 0.534. The molecule has 1 heterocycles. The molecular formula is C11H15N3O. The molecule has 0 aromatic carbocycles. The van der Waals surface area contributed by atoms with Crippen LogP contribution in [0.1, 0.15) is 19.3 Å². The first-order valence-corrected chi connectivity index (χ1v) is 5.21. The van der Waals surface area contributed by atoms with E-state index in [1.807, 2.05) is 6.07 Å². The molecule has 0 saturated heterocycles. The Labute approximate surface area is 88.9 Å². The van der Waals surface area contributed by atoms with Crippen LogP contribution in [0.15, 0.2) is 24.5 Å². The SMILES string of the molecule is NC(CC(=O)Nc1cccnc1)C1CC1. The Morgan fingerprint density at radius 3 is 3.07 bits per heavy atom. The molecule has 1 aromatic rings. The molecule has 4 nitrogen and oxygen atoms in total. The van der Waals surface area contributed by atoms with Gasteiger partial charge in [-0.1, -0.05) is 0 Å². The van der Waals surface area contributed by atoms with Crippen molar-refractivity contribution in [2.24, 2.45) is 11.7 Å². The Morgan fingerprint density at radius 2 is 2.47 bits per heavy atom. The van der Waals surface area contributed by atoms with Crippen molar-refractivity contribution >= 4 is 11.6 Å². The monoisotopic (exact) mass is 205 g/mol. The van der Waals surface area contributed by atoms with Gasteiger partial charge in [-0.25, -0.2) is 0 Å².